The van der Waals surface area contributed by atoms with Gasteiger partial charge in [0.05, 0.1) is 27.4 Å². The third kappa shape index (κ3) is 5.86. The molecule has 0 aromatic heterocycles. The highest BCUT2D eigenvalue weighted by Gasteiger charge is 2.09. The smallest absolute Gasteiger partial charge is 0.243 e. The summed E-state index contributed by atoms with van der Waals surface area (Å²) in [5.41, 5.74) is 0.885. The van der Waals surface area contributed by atoms with Crippen molar-refractivity contribution >= 4 is 12.0 Å². The summed E-state index contributed by atoms with van der Waals surface area (Å²) in [7, 11) is 3.18. The third-order valence-electron chi connectivity index (χ3n) is 3.89. The van der Waals surface area contributed by atoms with Gasteiger partial charge < -0.3 is 19.5 Å². The molecule has 1 aromatic carbocycles. The highest BCUT2D eigenvalue weighted by Crippen LogP contribution is 2.27. The first-order chi connectivity index (χ1) is 11.7. The number of benzene rings is 1. The van der Waals surface area contributed by atoms with Crippen molar-refractivity contribution in [2.75, 3.05) is 53.6 Å². The van der Waals surface area contributed by atoms with Crippen molar-refractivity contribution in [1.82, 2.24) is 10.2 Å². The van der Waals surface area contributed by atoms with E-state index in [0.717, 1.165) is 44.8 Å². The summed E-state index contributed by atoms with van der Waals surface area (Å²) in [5, 5.41) is 2.90. The van der Waals surface area contributed by atoms with E-state index in [1.807, 2.05) is 18.2 Å². The Hall–Kier alpha value is -2.05. The van der Waals surface area contributed by atoms with E-state index in [4.69, 9.17) is 14.2 Å². The van der Waals surface area contributed by atoms with Crippen LogP contribution in [0.1, 0.15) is 12.0 Å². The van der Waals surface area contributed by atoms with Crippen molar-refractivity contribution in [3.8, 4) is 11.5 Å². The lowest BCUT2D eigenvalue weighted by Crippen LogP contribution is -2.38. The zero-order chi connectivity index (χ0) is 17.2. The maximum Gasteiger partial charge on any atom is 0.243 e. The van der Waals surface area contributed by atoms with Gasteiger partial charge in [0.25, 0.3) is 0 Å². The van der Waals surface area contributed by atoms with Crippen LogP contribution in [-0.2, 0) is 9.53 Å². The van der Waals surface area contributed by atoms with E-state index in [9.17, 15) is 4.79 Å². The quantitative estimate of drug-likeness (QED) is 0.577. The van der Waals surface area contributed by atoms with Crippen molar-refractivity contribution in [2.24, 2.45) is 0 Å². The van der Waals surface area contributed by atoms with Crippen LogP contribution in [0.3, 0.4) is 0 Å². The topological polar surface area (TPSA) is 60.0 Å². The molecular weight excluding hydrogens is 308 g/mol. The fourth-order valence-corrected chi connectivity index (χ4v) is 2.53. The van der Waals surface area contributed by atoms with Gasteiger partial charge in [-0.2, -0.15) is 0 Å². The number of morpholine rings is 1. The highest BCUT2D eigenvalue weighted by molar-refractivity contribution is 5.91. The lowest BCUT2D eigenvalue weighted by molar-refractivity contribution is -0.116. The average molecular weight is 334 g/mol. The number of carbonyl (C=O) groups excluding carboxylic acids is 1. The number of hydrogen-bond donors (Lipinski definition) is 1. The molecular formula is C18H26N2O4. The summed E-state index contributed by atoms with van der Waals surface area (Å²) in [6, 6.07) is 5.53. The van der Waals surface area contributed by atoms with E-state index in [2.05, 4.69) is 10.2 Å². The minimum atomic E-state index is -0.0910. The van der Waals surface area contributed by atoms with E-state index in [-0.39, 0.29) is 5.91 Å². The van der Waals surface area contributed by atoms with E-state index >= 15 is 0 Å². The number of nitrogens with zero attached hydrogens (tertiary/aromatic N) is 1. The van der Waals surface area contributed by atoms with Gasteiger partial charge in [-0.25, -0.2) is 0 Å². The number of amides is 1. The largest absolute Gasteiger partial charge is 0.493 e. The van der Waals surface area contributed by atoms with Crippen LogP contribution >= 0.6 is 0 Å². The molecule has 0 bridgehead atoms. The zero-order valence-corrected chi connectivity index (χ0v) is 14.4. The Morgan fingerprint density at radius 2 is 2.00 bits per heavy atom. The van der Waals surface area contributed by atoms with Gasteiger partial charge in [-0.05, 0) is 36.7 Å². The molecule has 2 rings (SSSR count). The molecule has 6 nitrogen and oxygen atoms in total. The molecule has 6 heteroatoms. The van der Waals surface area contributed by atoms with Gasteiger partial charge in [0, 0.05) is 25.7 Å². The zero-order valence-electron chi connectivity index (χ0n) is 14.4. The molecule has 1 fully saturated rings. The number of methoxy groups -OCH3 is 2. The second kappa shape index (κ2) is 9.95. The molecule has 1 aliphatic rings. The Kier molecular flexibility index (Phi) is 7.58. The van der Waals surface area contributed by atoms with E-state index in [1.54, 1.807) is 20.3 Å². The molecule has 1 aliphatic heterocycles. The fraction of sp³-hybridized carbons (Fsp3) is 0.500. The third-order valence-corrected chi connectivity index (χ3v) is 3.89. The van der Waals surface area contributed by atoms with Crippen molar-refractivity contribution in [1.29, 1.82) is 0 Å². The van der Waals surface area contributed by atoms with Gasteiger partial charge in [-0.1, -0.05) is 6.07 Å². The second-order valence-electron chi connectivity index (χ2n) is 5.55. The van der Waals surface area contributed by atoms with Crippen molar-refractivity contribution < 1.29 is 19.0 Å². The summed E-state index contributed by atoms with van der Waals surface area (Å²) in [6.07, 6.45) is 4.24. The Bertz CT molecular complexity index is 554. The van der Waals surface area contributed by atoms with Crippen LogP contribution < -0.4 is 14.8 Å². The van der Waals surface area contributed by atoms with Crippen molar-refractivity contribution in [2.45, 2.75) is 6.42 Å². The molecule has 1 saturated heterocycles. The normalized spacial score (nSPS) is 15.4. The minimum Gasteiger partial charge on any atom is -0.493 e. The maximum atomic E-state index is 11.9. The Labute approximate surface area is 143 Å². The lowest BCUT2D eigenvalue weighted by Gasteiger charge is -2.26. The van der Waals surface area contributed by atoms with Gasteiger partial charge >= 0.3 is 0 Å². The van der Waals surface area contributed by atoms with Gasteiger partial charge in [0.2, 0.25) is 5.91 Å². The molecule has 0 spiro atoms. The molecule has 1 heterocycles. The Morgan fingerprint density at radius 3 is 2.71 bits per heavy atom. The molecule has 24 heavy (non-hydrogen) atoms. The van der Waals surface area contributed by atoms with Gasteiger partial charge in [-0.3, -0.25) is 9.69 Å². The molecule has 1 N–H and O–H groups in total. The molecule has 0 aliphatic carbocycles. The van der Waals surface area contributed by atoms with Gasteiger partial charge in [-0.15, -0.1) is 0 Å². The predicted octanol–water partition coefficient (Wildman–Crippen LogP) is 1.56. The summed E-state index contributed by atoms with van der Waals surface area (Å²) >= 11 is 0. The van der Waals surface area contributed by atoms with Crippen LogP contribution in [0.4, 0.5) is 0 Å². The summed E-state index contributed by atoms with van der Waals surface area (Å²) in [5.74, 6) is 1.22. The molecule has 0 atom stereocenters. The number of carbonyl (C=O) groups is 1. The van der Waals surface area contributed by atoms with Crippen LogP contribution in [0.2, 0.25) is 0 Å². The van der Waals surface area contributed by atoms with Crippen LogP contribution in [0, 0.1) is 0 Å². The molecule has 0 radical (unpaired) electrons. The van der Waals surface area contributed by atoms with Crippen LogP contribution in [0.15, 0.2) is 24.3 Å². The van der Waals surface area contributed by atoms with E-state index in [1.165, 1.54) is 6.08 Å². The van der Waals surface area contributed by atoms with Crippen molar-refractivity contribution in [3.05, 3.63) is 29.8 Å². The van der Waals surface area contributed by atoms with Crippen LogP contribution in [0.5, 0.6) is 11.5 Å². The average Bonchev–Trinajstić information content (AvgIpc) is 2.64. The predicted molar refractivity (Wildman–Crippen MR) is 93.5 cm³/mol. The van der Waals surface area contributed by atoms with E-state index in [0.29, 0.717) is 18.0 Å². The molecule has 132 valence electrons. The number of nitrogens with one attached hydrogen (secondary N) is 1. The highest BCUT2D eigenvalue weighted by atomic mass is 16.5. The molecule has 1 amide bonds. The SMILES string of the molecule is COc1ccc(/C=C/C(=O)NCCCN2CCOCC2)cc1OC. The van der Waals surface area contributed by atoms with Crippen LogP contribution in [-0.4, -0.2) is 64.4 Å². The van der Waals surface area contributed by atoms with Crippen LogP contribution in [0.25, 0.3) is 6.08 Å². The van der Waals surface area contributed by atoms with Gasteiger partial charge in [0.1, 0.15) is 0 Å². The molecule has 0 unspecified atom stereocenters. The number of rotatable bonds is 8. The Morgan fingerprint density at radius 1 is 1.25 bits per heavy atom. The monoisotopic (exact) mass is 334 g/mol. The maximum absolute atomic E-state index is 11.9. The second-order valence-corrected chi connectivity index (χ2v) is 5.55. The summed E-state index contributed by atoms with van der Waals surface area (Å²) in [6.45, 7) is 5.23. The number of hydrogen-bond acceptors (Lipinski definition) is 5. The van der Waals surface area contributed by atoms with Gasteiger partial charge in [0.15, 0.2) is 11.5 Å². The molecule has 1 aromatic rings. The Balaban J connectivity index is 1.72. The summed E-state index contributed by atoms with van der Waals surface area (Å²) in [4.78, 5) is 14.2. The lowest BCUT2D eigenvalue weighted by atomic mass is 10.2. The first-order valence-electron chi connectivity index (χ1n) is 8.21. The van der Waals surface area contributed by atoms with E-state index < -0.39 is 0 Å². The standard InChI is InChI=1S/C18H26N2O4/c1-22-16-6-4-15(14-17(16)23-2)5-7-18(21)19-8-3-9-20-10-12-24-13-11-20/h4-7,14H,3,8-13H2,1-2H3,(H,19,21)/b7-5+. The molecule has 0 saturated carbocycles. The fourth-order valence-electron chi connectivity index (χ4n) is 2.53. The first kappa shape index (κ1) is 18.3. The van der Waals surface area contributed by atoms with Crippen molar-refractivity contribution in [3.63, 3.8) is 0 Å². The minimum absolute atomic E-state index is 0.0910. The number of ether oxygens (including phenoxy) is 3. The first-order valence-corrected chi connectivity index (χ1v) is 8.21. The summed E-state index contributed by atoms with van der Waals surface area (Å²) < 4.78 is 15.8.